The molecule has 2 aliphatic rings. The molecule has 0 aromatic carbocycles. The predicted molar refractivity (Wildman–Crippen MR) is 70.5 cm³/mol. The minimum Gasteiger partial charge on any atom is -0.378 e. The van der Waals surface area contributed by atoms with Crippen molar-refractivity contribution in [3.8, 4) is 0 Å². The molecule has 0 N–H and O–H groups in total. The summed E-state index contributed by atoms with van der Waals surface area (Å²) in [5.74, 6) is 0. The molecular formula is C12H17N3OS. The minimum atomic E-state index is 0.818. The maximum Gasteiger partial charge on any atom is 0.186 e. The molecular weight excluding hydrogens is 234 g/mol. The van der Waals surface area contributed by atoms with Crippen molar-refractivity contribution in [3.05, 3.63) is 10.6 Å². The summed E-state index contributed by atoms with van der Waals surface area (Å²) in [6, 6.07) is 0. The highest BCUT2D eigenvalue weighted by molar-refractivity contribution is 7.17. The maximum absolute atomic E-state index is 5.38. The summed E-state index contributed by atoms with van der Waals surface area (Å²) in [5.41, 5.74) is 2.49. The van der Waals surface area contributed by atoms with Gasteiger partial charge >= 0.3 is 0 Å². The molecule has 92 valence electrons. The average Bonchev–Trinajstić information content (AvgIpc) is 2.83. The summed E-state index contributed by atoms with van der Waals surface area (Å²) in [4.78, 5) is 12.8. The van der Waals surface area contributed by atoms with Crippen LogP contribution in [0.2, 0.25) is 0 Å². The Labute approximate surface area is 105 Å². The third kappa shape index (κ3) is 2.09. The largest absolute Gasteiger partial charge is 0.378 e. The van der Waals surface area contributed by atoms with Gasteiger partial charge in [0.25, 0.3) is 0 Å². The number of ether oxygens (including phenoxy) is 1. The fourth-order valence-electron chi connectivity index (χ4n) is 2.37. The Balaban J connectivity index is 1.90. The molecule has 1 aromatic heterocycles. The number of aliphatic imine (C=N–C) groups is 1. The number of aryl methyl sites for hydroxylation is 1. The first kappa shape index (κ1) is 11.2. The number of hydrogen-bond donors (Lipinski definition) is 0. The Hall–Kier alpha value is -0.940. The van der Waals surface area contributed by atoms with Crippen molar-refractivity contribution in [2.24, 2.45) is 4.99 Å². The first-order valence-corrected chi connectivity index (χ1v) is 6.98. The van der Waals surface area contributed by atoms with Crippen molar-refractivity contribution in [1.29, 1.82) is 0 Å². The topological polar surface area (TPSA) is 37.7 Å². The van der Waals surface area contributed by atoms with Crippen LogP contribution in [0.3, 0.4) is 0 Å². The van der Waals surface area contributed by atoms with Crippen LogP contribution in [-0.2, 0) is 11.2 Å². The molecule has 0 radical (unpaired) electrons. The quantitative estimate of drug-likeness (QED) is 0.763. The molecule has 0 bridgehead atoms. The van der Waals surface area contributed by atoms with Gasteiger partial charge in [0.15, 0.2) is 5.13 Å². The molecule has 1 saturated heterocycles. The standard InChI is InChI=1S/C12H17N3OS/c1-13-9-3-2-4-10-11(9)17-12(14-10)15-5-7-16-8-6-15/h2-8H2,1H3/b13-9-. The van der Waals surface area contributed by atoms with E-state index in [1.807, 2.05) is 7.05 Å². The normalized spacial score (nSPS) is 22.9. The Morgan fingerprint density at radius 1 is 1.29 bits per heavy atom. The van der Waals surface area contributed by atoms with Crippen LogP contribution < -0.4 is 4.90 Å². The molecule has 1 fully saturated rings. The summed E-state index contributed by atoms with van der Waals surface area (Å²) in [7, 11) is 1.89. The van der Waals surface area contributed by atoms with E-state index in [4.69, 9.17) is 9.72 Å². The van der Waals surface area contributed by atoms with Crippen LogP contribution in [0.15, 0.2) is 4.99 Å². The summed E-state index contributed by atoms with van der Waals surface area (Å²) in [5, 5.41) is 1.15. The molecule has 17 heavy (non-hydrogen) atoms. The molecule has 1 aromatic rings. The Bertz CT molecular complexity index is 435. The van der Waals surface area contributed by atoms with Gasteiger partial charge in [-0.1, -0.05) is 11.3 Å². The summed E-state index contributed by atoms with van der Waals surface area (Å²) in [6.45, 7) is 3.56. The smallest absolute Gasteiger partial charge is 0.186 e. The van der Waals surface area contributed by atoms with Crippen LogP contribution in [0.1, 0.15) is 23.4 Å². The van der Waals surface area contributed by atoms with Gasteiger partial charge in [0.1, 0.15) is 0 Å². The van der Waals surface area contributed by atoms with E-state index in [1.54, 1.807) is 11.3 Å². The second-order valence-electron chi connectivity index (χ2n) is 4.40. The third-order valence-corrected chi connectivity index (χ3v) is 4.53. The lowest BCUT2D eigenvalue weighted by molar-refractivity contribution is 0.122. The number of morpholine rings is 1. The molecule has 0 atom stereocenters. The van der Waals surface area contributed by atoms with Crippen molar-refractivity contribution in [2.45, 2.75) is 19.3 Å². The summed E-state index contributed by atoms with van der Waals surface area (Å²) in [6.07, 6.45) is 3.40. The van der Waals surface area contributed by atoms with Gasteiger partial charge in [-0.05, 0) is 19.3 Å². The van der Waals surface area contributed by atoms with E-state index in [0.717, 1.165) is 44.3 Å². The fourth-order valence-corrected chi connectivity index (χ4v) is 3.60. The van der Waals surface area contributed by atoms with Crippen LogP contribution in [-0.4, -0.2) is 44.0 Å². The van der Waals surface area contributed by atoms with Crippen LogP contribution in [0.4, 0.5) is 5.13 Å². The van der Waals surface area contributed by atoms with Gasteiger partial charge < -0.3 is 9.64 Å². The SMILES string of the molecule is C/N=C1/CCCc2nc(N3CCOCC3)sc21. The molecule has 1 aliphatic carbocycles. The molecule has 0 amide bonds. The van der Waals surface area contributed by atoms with Crippen molar-refractivity contribution in [2.75, 3.05) is 38.3 Å². The van der Waals surface area contributed by atoms with Crippen LogP contribution in [0.25, 0.3) is 0 Å². The minimum absolute atomic E-state index is 0.818. The maximum atomic E-state index is 5.38. The van der Waals surface area contributed by atoms with Gasteiger partial charge in [-0.25, -0.2) is 4.98 Å². The number of fused-ring (bicyclic) bond motifs is 1. The number of hydrogen-bond acceptors (Lipinski definition) is 5. The molecule has 5 heteroatoms. The third-order valence-electron chi connectivity index (χ3n) is 3.33. The van der Waals surface area contributed by atoms with Crippen molar-refractivity contribution in [1.82, 2.24) is 4.98 Å². The summed E-state index contributed by atoms with van der Waals surface area (Å²) < 4.78 is 5.38. The highest BCUT2D eigenvalue weighted by Crippen LogP contribution is 2.32. The molecule has 4 nitrogen and oxygen atoms in total. The molecule has 0 spiro atoms. The zero-order valence-corrected chi connectivity index (χ0v) is 10.9. The zero-order chi connectivity index (χ0) is 11.7. The second-order valence-corrected chi connectivity index (χ2v) is 5.37. The van der Waals surface area contributed by atoms with E-state index in [1.165, 1.54) is 22.7 Å². The van der Waals surface area contributed by atoms with Crippen molar-refractivity contribution < 1.29 is 4.74 Å². The lowest BCUT2D eigenvalue weighted by atomic mass is 10.0. The van der Waals surface area contributed by atoms with Gasteiger partial charge in [-0.2, -0.15) is 0 Å². The molecule has 1 aliphatic heterocycles. The monoisotopic (exact) mass is 251 g/mol. The van der Waals surface area contributed by atoms with E-state index >= 15 is 0 Å². The number of aromatic nitrogens is 1. The summed E-state index contributed by atoms with van der Waals surface area (Å²) >= 11 is 1.80. The van der Waals surface area contributed by atoms with E-state index in [2.05, 4.69) is 9.89 Å². The van der Waals surface area contributed by atoms with E-state index in [-0.39, 0.29) is 0 Å². The number of thiazole rings is 1. The van der Waals surface area contributed by atoms with E-state index < -0.39 is 0 Å². The van der Waals surface area contributed by atoms with Gasteiger partial charge in [0.05, 0.1) is 29.5 Å². The van der Waals surface area contributed by atoms with Gasteiger partial charge in [0, 0.05) is 20.1 Å². The molecule has 0 unspecified atom stereocenters. The van der Waals surface area contributed by atoms with Crippen LogP contribution in [0, 0.1) is 0 Å². The van der Waals surface area contributed by atoms with Crippen molar-refractivity contribution >= 4 is 22.2 Å². The second kappa shape index (κ2) is 4.74. The van der Waals surface area contributed by atoms with Gasteiger partial charge in [-0.3, -0.25) is 4.99 Å². The average molecular weight is 251 g/mol. The van der Waals surface area contributed by atoms with Gasteiger partial charge in [-0.15, -0.1) is 0 Å². The highest BCUT2D eigenvalue weighted by Gasteiger charge is 2.23. The first-order valence-electron chi connectivity index (χ1n) is 6.17. The number of rotatable bonds is 1. The first-order chi connectivity index (χ1) is 8.38. The Morgan fingerprint density at radius 2 is 2.12 bits per heavy atom. The van der Waals surface area contributed by atoms with Gasteiger partial charge in [0.2, 0.25) is 0 Å². The van der Waals surface area contributed by atoms with E-state index in [9.17, 15) is 0 Å². The lowest BCUT2D eigenvalue weighted by Gasteiger charge is -2.26. The number of nitrogens with zero attached hydrogens (tertiary/aromatic N) is 3. The Morgan fingerprint density at radius 3 is 2.88 bits per heavy atom. The Kier molecular flexibility index (Phi) is 3.11. The molecule has 0 saturated carbocycles. The van der Waals surface area contributed by atoms with Crippen molar-refractivity contribution in [3.63, 3.8) is 0 Å². The highest BCUT2D eigenvalue weighted by atomic mass is 32.1. The fraction of sp³-hybridized carbons (Fsp3) is 0.667. The van der Waals surface area contributed by atoms with Crippen LogP contribution >= 0.6 is 11.3 Å². The molecule has 2 heterocycles. The van der Waals surface area contributed by atoms with E-state index in [0.29, 0.717) is 0 Å². The molecule has 3 rings (SSSR count). The number of anilines is 1. The predicted octanol–water partition coefficient (Wildman–Crippen LogP) is 1.73. The van der Waals surface area contributed by atoms with Crippen LogP contribution in [0.5, 0.6) is 0 Å². The lowest BCUT2D eigenvalue weighted by Crippen LogP contribution is -2.36. The zero-order valence-electron chi connectivity index (χ0n) is 10.1.